The molecule has 0 aromatic heterocycles. The van der Waals surface area contributed by atoms with Gasteiger partial charge in [0.05, 0.1) is 6.10 Å². The zero-order valence-corrected chi connectivity index (χ0v) is 17.6. The number of ketones is 1. The van der Waals surface area contributed by atoms with Gasteiger partial charge in [-0.3, -0.25) is 9.69 Å². The number of Topliss-reactive ketones (excluding diaryl/α,β-unsaturated/α-hetero) is 1. The van der Waals surface area contributed by atoms with E-state index in [2.05, 4.69) is 11.9 Å². The molecule has 0 saturated carbocycles. The molecular weight excluding hydrogens is 398 g/mol. The van der Waals surface area contributed by atoms with Gasteiger partial charge in [-0.25, -0.2) is 9.59 Å². The molecule has 1 fully saturated rings. The average molecular weight is 427 g/mol. The molecule has 2 aromatic carbocycles. The first-order chi connectivity index (χ1) is 14.8. The highest BCUT2D eigenvalue weighted by Gasteiger charge is 2.30. The molecule has 166 valence electrons. The number of rotatable bonds is 6. The van der Waals surface area contributed by atoms with Crippen LogP contribution in [0.5, 0.6) is 0 Å². The van der Waals surface area contributed by atoms with Crippen LogP contribution in [0.15, 0.2) is 60.7 Å². The minimum Gasteiger partial charge on any atom is -0.473 e. The van der Waals surface area contributed by atoms with Gasteiger partial charge in [-0.1, -0.05) is 67.1 Å². The summed E-state index contributed by atoms with van der Waals surface area (Å²) in [6.07, 6.45) is 4.07. The van der Waals surface area contributed by atoms with Crippen molar-refractivity contribution >= 4 is 17.7 Å². The number of likely N-dealkylation sites (tertiary alicyclic amines) is 1. The summed E-state index contributed by atoms with van der Waals surface area (Å²) in [5.41, 5.74) is 1.76. The molecule has 1 heterocycles. The molecule has 7 nitrogen and oxygen atoms in total. The number of piperidine rings is 1. The molecule has 0 aliphatic carbocycles. The van der Waals surface area contributed by atoms with Gasteiger partial charge in [-0.05, 0) is 31.9 Å². The molecule has 3 atom stereocenters. The Kier molecular flexibility index (Phi) is 9.37. The van der Waals surface area contributed by atoms with E-state index in [-0.39, 0.29) is 11.8 Å². The van der Waals surface area contributed by atoms with Crippen LogP contribution in [0, 0.1) is 0 Å². The molecule has 0 amide bonds. The van der Waals surface area contributed by atoms with Crippen molar-refractivity contribution in [1.82, 2.24) is 4.90 Å². The summed E-state index contributed by atoms with van der Waals surface area (Å²) >= 11 is 0. The lowest BCUT2D eigenvalue weighted by atomic mass is 9.88. The summed E-state index contributed by atoms with van der Waals surface area (Å²) in [6, 6.07) is 20.0. The lowest BCUT2D eigenvalue weighted by Crippen LogP contribution is -2.45. The van der Waals surface area contributed by atoms with Crippen molar-refractivity contribution in [3.05, 3.63) is 71.8 Å². The first-order valence-corrected chi connectivity index (χ1v) is 10.3. The fourth-order valence-corrected chi connectivity index (χ4v) is 3.85. The number of aliphatic hydroxyl groups excluding tert-OH is 1. The van der Waals surface area contributed by atoms with Crippen LogP contribution in [0.2, 0.25) is 0 Å². The second-order valence-corrected chi connectivity index (χ2v) is 7.67. The number of aliphatic hydroxyl groups is 1. The molecule has 1 saturated heterocycles. The Morgan fingerprint density at radius 1 is 0.903 bits per heavy atom. The number of hydrogen-bond donors (Lipinski definition) is 3. The summed E-state index contributed by atoms with van der Waals surface area (Å²) < 4.78 is 0. The van der Waals surface area contributed by atoms with Crippen molar-refractivity contribution in [2.24, 2.45) is 0 Å². The van der Waals surface area contributed by atoms with Crippen LogP contribution in [-0.2, 0) is 9.59 Å². The van der Waals surface area contributed by atoms with E-state index in [1.165, 1.54) is 0 Å². The molecule has 0 radical (unpaired) electrons. The Balaban J connectivity index is 0.000000501. The smallest absolute Gasteiger partial charge is 0.414 e. The maximum absolute atomic E-state index is 12.5. The molecule has 0 spiro atoms. The van der Waals surface area contributed by atoms with Crippen LogP contribution < -0.4 is 0 Å². The van der Waals surface area contributed by atoms with Gasteiger partial charge in [0.15, 0.2) is 5.78 Å². The first-order valence-electron chi connectivity index (χ1n) is 10.3. The standard InChI is InChI=1S/C22H27NO2.C2H2O4/c1-23-19(15-21(24)17-9-4-2-5-10-17)13-8-14-20(23)16-22(25)18-11-6-3-7-12-18;3-1(4)2(5)6/h2-7,9-12,19-21,24H,8,13-16H2,1H3;(H,3,4)(H,5,6). The summed E-state index contributed by atoms with van der Waals surface area (Å²) in [5, 5.41) is 25.3. The average Bonchev–Trinajstić information content (AvgIpc) is 2.78. The molecule has 7 heteroatoms. The lowest BCUT2D eigenvalue weighted by molar-refractivity contribution is -0.159. The van der Waals surface area contributed by atoms with Crippen LogP contribution in [0.25, 0.3) is 0 Å². The Labute approximate surface area is 181 Å². The Morgan fingerprint density at radius 3 is 1.97 bits per heavy atom. The van der Waals surface area contributed by atoms with Gasteiger partial charge < -0.3 is 15.3 Å². The Hall–Kier alpha value is -3.03. The number of benzene rings is 2. The number of carboxylic acid groups (broad SMARTS) is 2. The fraction of sp³-hybridized carbons (Fsp3) is 0.375. The minimum atomic E-state index is -1.82. The molecule has 3 rings (SSSR count). The maximum Gasteiger partial charge on any atom is 0.414 e. The third kappa shape index (κ3) is 7.62. The summed E-state index contributed by atoms with van der Waals surface area (Å²) in [4.78, 5) is 33.0. The number of carbonyl (C=O) groups is 3. The summed E-state index contributed by atoms with van der Waals surface area (Å²) in [5.74, 6) is -3.44. The molecule has 3 N–H and O–H groups in total. The normalized spacial score (nSPS) is 19.5. The number of nitrogens with zero attached hydrogens (tertiary/aromatic N) is 1. The molecule has 3 unspecified atom stereocenters. The van der Waals surface area contributed by atoms with Crippen molar-refractivity contribution in [3.63, 3.8) is 0 Å². The van der Waals surface area contributed by atoms with Gasteiger partial charge in [0.2, 0.25) is 0 Å². The highest BCUT2D eigenvalue weighted by atomic mass is 16.4. The van der Waals surface area contributed by atoms with Gasteiger partial charge in [0, 0.05) is 24.1 Å². The molecular formula is C24H29NO6. The van der Waals surface area contributed by atoms with E-state index in [1.807, 2.05) is 60.7 Å². The zero-order chi connectivity index (χ0) is 22.8. The van der Waals surface area contributed by atoms with Crippen molar-refractivity contribution < 1.29 is 29.7 Å². The summed E-state index contributed by atoms with van der Waals surface area (Å²) in [6.45, 7) is 0. The number of hydrogen-bond acceptors (Lipinski definition) is 5. The van der Waals surface area contributed by atoms with E-state index in [0.29, 0.717) is 12.5 Å². The highest BCUT2D eigenvalue weighted by Crippen LogP contribution is 2.30. The summed E-state index contributed by atoms with van der Waals surface area (Å²) in [7, 11) is 2.10. The third-order valence-electron chi connectivity index (χ3n) is 5.61. The van der Waals surface area contributed by atoms with Gasteiger partial charge in [0.25, 0.3) is 0 Å². The van der Waals surface area contributed by atoms with Crippen LogP contribution >= 0.6 is 0 Å². The van der Waals surface area contributed by atoms with Gasteiger partial charge in [-0.15, -0.1) is 0 Å². The lowest BCUT2D eigenvalue weighted by Gasteiger charge is -2.40. The fourth-order valence-electron chi connectivity index (χ4n) is 3.85. The largest absolute Gasteiger partial charge is 0.473 e. The molecule has 31 heavy (non-hydrogen) atoms. The van der Waals surface area contributed by atoms with Gasteiger partial charge >= 0.3 is 11.9 Å². The molecule has 0 bridgehead atoms. The zero-order valence-electron chi connectivity index (χ0n) is 17.6. The van der Waals surface area contributed by atoms with Crippen LogP contribution in [-0.4, -0.2) is 57.1 Å². The van der Waals surface area contributed by atoms with E-state index in [0.717, 1.165) is 36.8 Å². The first kappa shape index (κ1) is 24.2. The predicted octanol–water partition coefficient (Wildman–Crippen LogP) is 3.39. The van der Waals surface area contributed by atoms with E-state index in [9.17, 15) is 9.90 Å². The van der Waals surface area contributed by atoms with Crippen LogP contribution in [0.1, 0.15) is 54.1 Å². The van der Waals surface area contributed by atoms with E-state index in [4.69, 9.17) is 19.8 Å². The maximum atomic E-state index is 12.5. The van der Waals surface area contributed by atoms with Crippen molar-refractivity contribution in [2.75, 3.05) is 7.05 Å². The van der Waals surface area contributed by atoms with Crippen LogP contribution in [0.4, 0.5) is 0 Å². The SMILES string of the molecule is CN1C(CC(=O)c2ccccc2)CCCC1CC(O)c1ccccc1.O=C(O)C(=O)O. The van der Waals surface area contributed by atoms with Crippen molar-refractivity contribution in [2.45, 2.75) is 50.3 Å². The number of carbonyl (C=O) groups excluding carboxylic acids is 1. The Bertz CT molecular complexity index is 843. The van der Waals surface area contributed by atoms with Crippen LogP contribution in [0.3, 0.4) is 0 Å². The van der Waals surface area contributed by atoms with Crippen molar-refractivity contribution in [1.29, 1.82) is 0 Å². The minimum absolute atomic E-state index is 0.210. The second kappa shape index (κ2) is 12.0. The topological polar surface area (TPSA) is 115 Å². The molecule has 2 aromatic rings. The third-order valence-corrected chi connectivity index (χ3v) is 5.61. The number of carboxylic acids is 2. The molecule has 1 aliphatic rings. The monoisotopic (exact) mass is 427 g/mol. The quantitative estimate of drug-likeness (QED) is 0.478. The number of aliphatic carboxylic acids is 2. The van der Waals surface area contributed by atoms with Crippen molar-refractivity contribution in [3.8, 4) is 0 Å². The Morgan fingerprint density at radius 2 is 1.42 bits per heavy atom. The van der Waals surface area contributed by atoms with Gasteiger partial charge in [-0.2, -0.15) is 0 Å². The second-order valence-electron chi connectivity index (χ2n) is 7.67. The van der Waals surface area contributed by atoms with E-state index in [1.54, 1.807) is 0 Å². The van der Waals surface area contributed by atoms with E-state index >= 15 is 0 Å². The highest BCUT2D eigenvalue weighted by molar-refractivity contribution is 6.27. The van der Waals surface area contributed by atoms with Gasteiger partial charge in [0.1, 0.15) is 0 Å². The molecule has 1 aliphatic heterocycles. The van der Waals surface area contributed by atoms with E-state index < -0.39 is 18.0 Å². The predicted molar refractivity (Wildman–Crippen MR) is 116 cm³/mol.